The first-order chi connectivity index (χ1) is 50.7. The van der Waals surface area contributed by atoms with E-state index in [0.717, 1.165) is 58.7 Å². The fourth-order valence-electron chi connectivity index (χ4n) is 16.7. The van der Waals surface area contributed by atoms with Crippen molar-refractivity contribution >= 4 is 36.0 Å². The molecule has 8 heterocycles. The van der Waals surface area contributed by atoms with Gasteiger partial charge in [-0.2, -0.15) is 31.6 Å². The van der Waals surface area contributed by atoms with Gasteiger partial charge >= 0.3 is 36.2 Å². The van der Waals surface area contributed by atoms with Crippen molar-refractivity contribution in [1.29, 1.82) is 5.26 Å². The van der Waals surface area contributed by atoms with E-state index in [2.05, 4.69) is 11.0 Å². The Bertz CT molecular complexity index is 4720. The Labute approximate surface area is 629 Å². The van der Waals surface area contributed by atoms with Crippen LogP contribution in [0.15, 0.2) is 72.8 Å². The fourth-order valence-corrected chi connectivity index (χ4v) is 16.7. The molecule has 108 heavy (non-hydrogen) atoms. The fraction of sp³-hybridized carbons (Fsp3) is 0.400. The summed E-state index contributed by atoms with van der Waals surface area (Å²) in [7, 11) is 6.76. The maximum Gasteiger partial charge on any atom is 0.416 e. The number of rotatable bonds is 12. The monoisotopic (exact) mass is 1600 g/mol. The van der Waals surface area contributed by atoms with E-state index in [1.807, 2.05) is 54.8 Å². The largest absolute Gasteiger partial charge is 0.504 e. The van der Waals surface area contributed by atoms with Gasteiger partial charge in [0.1, 0.15) is 37.0 Å². The number of aromatic hydroxyl groups is 2. The minimum atomic E-state index is -4.55. The molecule has 0 saturated carbocycles. The number of aliphatic hydroxyl groups excluding tert-OH is 1. The van der Waals surface area contributed by atoms with Gasteiger partial charge in [0, 0.05) is 111 Å². The van der Waals surface area contributed by atoms with Gasteiger partial charge in [0.15, 0.2) is 46.0 Å². The molecule has 6 aromatic rings. The summed E-state index contributed by atoms with van der Waals surface area (Å²) < 4.78 is 138. The number of carbonyl (C=O) groups is 4. The van der Waals surface area contributed by atoms with E-state index in [1.165, 1.54) is 64.5 Å². The Morgan fingerprint density at radius 2 is 1.00 bits per heavy atom. The number of halogens is 6. The second-order valence-corrected chi connectivity index (χ2v) is 26.9. The van der Waals surface area contributed by atoms with Crippen LogP contribution in [-0.2, 0) is 89.1 Å². The van der Waals surface area contributed by atoms with Gasteiger partial charge in [-0.05, 0) is 137 Å². The van der Waals surface area contributed by atoms with E-state index in [0.29, 0.717) is 91.8 Å². The quantitative estimate of drug-likeness (QED) is 0.0168. The standard InChI is InChI=1S/C38H36F3N3O8.C37H37F3N2O9.Ag.HNO3/c1-18-11-22-13-25-27(15-42)44-26(32(43(25)4)30(22)33(47)34(18)48-5)14-24-31(37-36(50-17-51-37)19(2)35(24)52-20(3)45)28(44)16-49-29(46)10-9-21-7-6-8-23(12-21)38(39,40)41;1-17-11-21-13-25-36(46)42-24(30(41(25)4)28(21)31(45)32(17)47-5)14-23-29(35-34(49-16-50-35)18(2)33(23)51-19(3)43)26(42)15-48-27(44)10-9-20-7-6-8-22(12-20)37(38,39)40;;2-1(3)4/h6-12,25-28,32,47H,13-14,16-17H2,1-5H3;6-12,24-26,30,36,45-46H,13-16H2,1-5H3;;(H,2,3,4)/b2*10-9+;;/t25-,26?,27-,28-,32-;24?,25-,26-,30-,36-;;/m00../s1. The summed E-state index contributed by atoms with van der Waals surface area (Å²) in [6, 6.07) is 10.3. The third-order valence-corrected chi connectivity index (χ3v) is 20.9. The number of phenolic OH excluding ortho intramolecular Hbond substituents is 2. The number of hydrogen-bond acceptors (Lipinski definition) is 24. The van der Waals surface area contributed by atoms with Crippen LogP contribution in [0, 0.1) is 49.1 Å². The topological polar surface area (TPSA) is 321 Å². The number of piperazine rings is 2. The second kappa shape index (κ2) is 30.9. The number of benzene rings is 6. The van der Waals surface area contributed by atoms with Gasteiger partial charge in [-0.3, -0.25) is 29.2 Å². The zero-order valence-corrected chi connectivity index (χ0v) is 61.1. The summed E-state index contributed by atoms with van der Waals surface area (Å²) in [4.78, 5) is 67.6. The minimum absolute atomic E-state index is 0. The van der Waals surface area contributed by atoms with Crippen molar-refractivity contribution in [2.24, 2.45) is 0 Å². The maximum absolute atomic E-state index is 13.3. The summed E-state index contributed by atoms with van der Waals surface area (Å²) in [5.74, 6) is -0.103. The van der Waals surface area contributed by atoms with Crippen LogP contribution in [0.3, 0.4) is 0 Å². The number of nitrogens with zero attached hydrogens (tertiary/aromatic N) is 6. The zero-order chi connectivity index (χ0) is 77.3. The molecule has 1 radical (unpaired) electrons. The molecule has 0 amide bonds. The number of phenols is 2. The molecule has 0 spiro atoms. The molecular weight excluding hydrogens is 1530 g/mol. The number of aryl methyl sites for hydroxylation is 2. The molecule has 10 atom stereocenters. The number of ether oxygens (including phenoxy) is 10. The smallest absolute Gasteiger partial charge is 0.416 e. The van der Waals surface area contributed by atoms with Crippen molar-refractivity contribution in [1.82, 2.24) is 19.6 Å². The summed E-state index contributed by atoms with van der Waals surface area (Å²) in [6.07, 6.45) is -4.31. The van der Waals surface area contributed by atoms with Crippen molar-refractivity contribution < 1.29 is 141 Å². The first kappa shape index (κ1) is 78.9. The molecule has 577 valence electrons. The van der Waals surface area contributed by atoms with Crippen molar-refractivity contribution in [2.75, 3.05) is 55.1 Å². The summed E-state index contributed by atoms with van der Waals surface area (Å²) in [5.41, 5.74) is 6.49. The molecule has 26 nitrogen and oxygen atoms in total. The number of alkyl halides is 6. The molecule has 0 aliphatic carbocycles. The first-order valence-corrected chi connectivity index (χ1v) is 33.7. The Hall–Kier alpha value is -10.1. The average Bonchev–Trinajstić information content (AvgIpc) is 0.916. The van der Waals surface area contributed by atoms with Crippen LogP contribution in [0.2, 0.25) is 0 Å². The predicted octanol–water partition coefficient (Wildman–Crippen LogP) is 10.5. The van der Waals surface area contributed by atoms with Gasteiger partial charge < -0.3 is 67.9 Å². The van der Waals surface area contributed by atoms with Crippen molar-refractivity contribution in [3.63, 3.8) is 0 Å². The minimum Gasteiger partial charge on any atom is -0.504 e. The van der Waals surface area contributed by atoms with E-state index >= 15 is 0 Å². The third kappa shape index (κ3) is 14.5. The van der Waals surface area contributed by atoms with E-state index in [1.54, 1.807) is 13.8 Å². The van der Waals surface area contributed by atoms with Crippen LogP contribution < -0.4 is 37.9 Å². The molecule has 4 bridgehead atoms. The Morgan fingerprint density at radius 1 is 0.611 bits per heavy atom. The number of carbonyl (C=O) groups excluding carboxylic acids is 4. The van der Waals surface area contributed by atoms with Gasteiger partial charge in [-0.15, -0.1) is 10.1 Å². The second-order valence-electron chi connectivity index (χ2n) is 26.9. The third-order valence-electron chi connectivity index (χ3n) is 20.9. The molecule has 2 fully saturated rings. The van der Waals surface area contributed by atoms with Crippen LogP contribution in [0.25, 0.3) is 12.2 Å². The van der Waals surface area contributed by atoms with Crippen LogP contribution in [0.5, 0.6) is 57.5 Å². The number of esters is 4. The molecule has 14 rings (SSSR count). The molecule has 4 N–H and O–H groups in total. The summed E-state index contributed by atoms with van der Waals surface area (Å²) in [5, 5.41) is 59.9. The van der Waals surface area contributed by atoms with Crippen molar-refractivity contribution in [2.45, 2.75) is 140 Å². The molecule has 2 unspecified atom stereocenters. The number of likely N-dealkylation sites (N-methyl/N-ethyl adjacent to an activating group) is 2. The van der Waals surface area contributed by atoms with Crippen molar-refractivity contribution in [3.8, 4) is 63.6 Å². The molecule has 33 heteroatoms. The molecule has 8 aliphatic rings. The van der Waals surface area contributed by atoms with E-state index in [4.69, 9.17) is 62.7 Å². The predicted molar refractivity (Wildman–Crippen MR) is 363 cm³/mol. The molecule has 8 aliphatic heterocycles. The number of nitriles is 1. The van der Waals surface area contributed by atoms with Gasteiger partial charge in [0.25, 0.3) is 5.09 Å². The molecule has 0 aromatic heterocycles. The van der Waals surface area contributed by atoms with Crippen molar-refractivity contribution in [3.05, 3.63) is 172 Å². The maximum atomic E-state index is 13.3. The average molecular weight is 1600 g/mol. The van der Waals surface area contributed by atoms with Gasteiger partial charge in [-0.1, -0.05) is 36.4 Å². The van der Waals surface area contributed by atoms with E-state index < -0.39 is 107 Å². The summed E-state index contributed by atoms with van der Waals surface area (Å²) >= 11 is 0. The number of aliphatic hydroxyl groups is 1. The Balaban J connectivity index is 0.000000203. The summed E-state index contributed by atoms with van der Waals surface area (Å²) in [6.45, 7) is 8.92. The van der Waals surface area contributed by atoms with Gasteiger partial charge in [0.05, 0.1) is 61.6 Å². The van der Waals surface area contributed by atoms with E-state index in [-0.39, 0.29) is 102 Å². The number of methoxy groups -OCH3 is 2. The SMILES string of the molecule is COc1c(C)cc2c(c1O)[C@@H]1C3Cc4c(OC(C)=O)c(C)c5c(c4[C@H](COC(=O)/C=C/c4cccc(C(F)(F)F)c4)N3[C@@H](C#N)[C@H](C2)N1C)OCO5.COc1c(C)cc2c(c1O)[C@@H]1C3Cc4c(OC(C)=O)c(C)c5c(c4[C@H](COC(=O)/C=C/c4cccc(C(F)(F)F)c4)N3[C@@H](O)[C@H](C2)N1C)OCO5.O=[N+]([O-])O.[Ag]. The van der Waals surface area contributed by atoms with Crippen LogP contribution in [0.4, 0.5) is 26.3 Å². The van der Waals surface area contributed by atoms with Gasteiger partial charge in [0.2, 0.25) is 13.6 Å². The van der Waals surface area contributed by atoms with Crippen LogP contribution in [-0.4, -0.2) is 161 Å². The molecular formula is C75H74AgF6N6O20. The number of fused-ring (bicyclic) bond motifs is 18. The Morgan fingerprint density at radius 3 is 1.40 bits per heavy atom. The number of hydrogen-bond donors (Lipinski definition) is 4. The molecule has 6 aromatic carbocycles. The molecule has 2 saturated heterocycles. The van der Waals surface area contributed by atoms with Crippen LogP contribution in [0.1, 0.15) is 127 Å². The zero-order valence-electron chi connectivity index (χ0n) is 59.6. The van der Waals surface area contributed by atoms with E-state index in [9.17, 15) is 66.1 Å². The first-order valence-electron chi connectivity index (χ1n) is 33.7. The Kier molecular flexibility index (Phi) is 22.6. The van der Waals surface area contributed by atoms with Crippen LogP contribution >= 0.6 is 0 Å². The normalized spacial score (nSPS) is 22.7. The van der Waals surface area contributed by atoms with Gasteiger partial charge in [-0.25, -0.2) is 9.59 Å².